The van der Waals surface area contributed by atoms with Gasteiger partial charge in [0.25, 0.3) is 0 Å². The van der Waals surface area contributed by atoms with Gasteiger partial charge in [-0.3, -0.25) is 9.59 Å². The number of ether oxygens (including phenoxy) is 1. The van der Waals surface area contributed by atoms with E-state index in [2.05, 4.69) is 10.3 Å². The van der Waals surface area contributed by atoms with Crippen molar-refractivity contribution in [1.82, 2.24) is 10.3 Å². The number of esters is 1. The SMILES string of the molecule is COC(=O)c1c(CC(=O)NCCC23CC4CC(CC(C4)C2)C3)[nH]c(C(C)=O)c1C. The van der Waals surface area contributed by atoms with Crippen molar-refractivity contribution >= 4 is 17.7 Å². The summed E-state index contributed by atoms with van der Waals surface area (Å²) in [6.45, 7) is 3.82. The van der Waals surface area contributed by atoms with E-state index in [-0.39, 0.29) is 18.1 Å². The second kappa shape index (κ2) is 7.62. The standard InChI is InChI=1S/C23H32N2O4/c1-13-20(22(28)29-3)18(25-21(13)14(2)26)9-19(27)24-5-4-23-10-15-6-16(11-23)8-17(7-15)12-23/h15-17,25H,4-12H2,1-3H3,(H,24,27). The molecule has 0 unspecified atom stereocenters. The minimum absolute atomic E-state index is 0.0411. The number of Topliss-reactive ketones (excluding diaryl/α,β-unsaturated/α-hetero) is 1. The Morgan fingerprint density at radius 1 is 1.10 bits per heavy atom. The smallest absolute Gasteiger partial charge is 0.339 e. The zero-order valence-electron chi connectivity index (χ0n) is 17.7. The number of hydrogen-bond acceptors (Lipinski definition) is 4. The molecule has 5 rings (SSSR count). The normalized spacial score (nSPS) is 29.7. The maximum atomic E-state index is 12.6. The molecule has 4 aliphatic carbocycles. The molecular formula is C23H32N2O4. The quantitative estimate of drug-likeness (QED) is 0.541. The van der Waals surface area contributed by atoms with E-state index in [0.29, 0.717) is 34.5 Å². The number of hydrogen-bond donors (Lipinski definition) is 2. The molecule has 1 amide bonds. The fourth-order valence-corrected chi connectivity index (χ4v) is 6.81. The third-order valence-corrected chi connectivity index (χ3v) is 7.55. The highest BCUT2D eigenvalue weighted by Gasteiger charge is 2.50. The van der Waals surface area contributed by atoms with Gasteiger partial charge in [-0.15, -0.1) is 0 Å². The van der Waals surface area contributed by atoms with Gasteiger partial charge in [0.2, 0.25) is 5.91 Å². The maximum Gasteiger partial charge on any atom is 0.339 e. The number of carbonyl (C=O) groups is 3. The zero-order chi connectivity index (χ0) is 20.8. The number of nitrogens with one attached hydrogen (secondary N) is 2. The summed E-state index contributed by atoms with van der Waals surface area (Å²) in [6.07, 6.45) is 9.36. The van der Waals surface area contributed by atoms with E-state index in [9.17, 15) is 14.4 Å². The number of rotatable bonds is 7. The van der Waals surface area contributed by atoms with Gasteiger partial charge in [-0.2, -0.15) is 0 Å². The Kier molecular flexibility index (Phi) is 5.30. The van der Waals surface area contributed by atoms with E-state index in [0.717, 1.165) is 24.2 Å². The van der Waals surface area contributed by atoms with Crippen LogP contribution in [0.1, 0.15) is 84.0 Å². The first-order valence-electron chi connectivity index (χ1n) is 10.9. The lowest BCUT2D eigenvalue weighted by atomic mass is 9.49. The zero-order valence-corrected chi connectivity index (χ0v) is 17.7. The van der Waals surface area contributed by atoms with E-state index in [1.165, 1.54) is 52.6 Å². The molecule has 4 saturated carbocycles. The first-order valence-corrected chi connectivity index (χ1v) is 10.9. The molecule has 0 aromatic carbocycles. The summed E-state index contributed by atoms with van der Waals surface area (Å²) in [6, 6.07) is 0. The Morgan fingerprint density at radius 2 is 1.69 bits per heavy atom. The predicted octanol–water partition coefficient (Wildman–Crippen LogP) is 3.58. The van der Waals surface area contributed by atoms with Crippen LogP contribution in [0.25, 0.3) is 0 Å². The Morgan fingerprint density at radius 3 is 2.21 bits per heavy atom. The van der Waals surface area contributed by atoms with Gasteiger partial charge in [0.05, 0.1) is 24.8 Å². The summed E-state index contributed by atoms with van der Waals surface area (Å²) in [7, 11) is 1.30. The topological polar surface area (TPSA) is 88.3 Å². The lowest BCUT2D eigenvalue weighted by Crippen LogP contribution is -2.47. The molecule has 0 atom stereocenters. The van der Waals surface area contributed by atoms with E-state index >= 15 is 0 Å². The summed E-state index contributed by atoms with van der Waals surface area (Å²) in [4.78, 5) is 39.5. The van der Waals surface area contributed by atoms with Crippen molar-refractivity contribution in [3.05, 3.63) is 22.5 Å². The van der Waals surface area contributed by atoms with Gasteiger partial charge in [-0.1, -0.05) is 0 Å². The number of ketones is 1. The fourth-order valence-electron chi connectivity index (χ4n) is 6.81. The van der Waals surface area contributed by atoms with Crippen molar-refractivity contribution in [3.63, 3.8) is 0 Å². The molecule has 4 fully saturated rings. The largest absolute Gasteiger partial charge is 0.465 e. The number of methoxy groups -OCH3 is 1. The lowest BCUT2D eigenvalue weighted by Gasteiger charge is -2.57. The average molecular weight is 401 g/mol. The number of H-pyrrole nitrogens is 1. The van der Waals surface area contributed by atoms with E-state index in [1.54, 1.807) is 6.92 Å². The Balaban J connectivity index is 1.37. The van der Waals surface area contributed by atoms with Gasteiger partial charge >= 0.3 is 5.97 Å². The molecule has 1 aromatic heterocycles. The number of amides is 1. The van der Waals surface area contributed by atoms with E-state index in [4.69, 9.17) is 4.74 Å². The molecular weight excluding hydrogens is 368 g/mol. The van der Waals surface area contributed by atoms with Crippen LogP contribution in [0.4, 0.5) is 0 Å². The molecule has 29 heavy (non-hydrogen) atoms. The van der Waals surface area contributed by atoms with Crippen molar-refractivity contribution in [2.45, 2.75) is 65.2 Å². The monoisotopic (exact) mass is 400 g/mol. The number of aromatic amines is 1. The Hall–Kier alpha value is -2.11. The summed E-state index contributed by atoms with van der Waals surface area (Å²) in [5.74, 6) is 1.91. The highest BCUT2D eigenvalue weighted by atomic mass is 16.5. The van der Waals surface area contributed by atoms with Gasteiger partial charge in [0.1, 0.15) is 0 Å². The number of aromatic nitrogens is 1. The van der Waals surface area contributed by atoms with Crippen molar-refractivity contribution in [2.24, 2.45) is 23.2 Å². The van der Waals surface area contributed by atoms with Crippen LogP contribution in [-0.4, -0.2) is 36.3 Å². The van der Waals surface area contributed by atoms with Crippen LogP contribution < -0.4 is 5.32 Å². The molecule has 1 heterocycles. The third-order valence-electron chi connectivity index (χ3n) is 7.55. The van der Waals surface area contributed by atoms with Crippen molar-refractivity contribution < 1.29 is 19.1 Å². The van der Waals surface area contributed by atoms with Gasteiger partial charge < -0.3 is 15.0 Å². The summed E-state index contributed by atoms with van der Waals surface area (Å²) >= 11 is 0. The molecule has 0 radical (unpaired) electrons. The van der Waals surface area contributed by atoms with Crippen LogP contribution in [0.2, 0.25) is 0 Å². The third kappa shape index (κ3) is 3.86. The molecule has 6 nitrogen and oxygen atoms in total. The van der Waals surface area contributed by atoms with Crippen molar-refractivity contribution in [2.75, 3.05) is 13.7 Å². The van der Waals surface area contributed by atoms with Crippen LogP contribution in [0.15, 0.2) is 0 Å². The molecule has 1 aromatic rings. The fraction of sp³-hybridized carbons (Fsp3) is 0.696. The van der Waals surface area contributed by atoms with Crippen LogP contribution in [0.3, 0.4) is 0 Å². The predicted molar refractivity (Wildman–Crippen MR) is 109 cm³/mol. The average Bonchev–Trinajstić information content (AvgIpc) is 2.96. The second-order valence-corrected chi connectivity index (χ2v) is 9.72. The molecule has 4 bridgehead atoms. The van der Waals surface area contributed by atoms with Gasteiger partial charge in [0, 0.05) is 19.2 Å². The van der Waals surface area contributed by atoms with Crippen LogP contribution in [0, 0.1) is 30.1 Å². The molecule has 0 saturated heterocycles. The molecule has 4 aliphatic rings. The van der Waals surface area contributed by atoms with Crippen molar-refractivity contribution in [3.8, 4) is 0 Å². The summed E-state index contributed by atoms with van der Waals surface area (Å²) < 4.78 is 4.85. The summed E-state index contributed by atoms with van der Waals surface area (Å²) in [5, 5.41) is 3.05. The van der Waals surface area contributed by atoms with E-state index in [1.807, 2.05) is 0 Å². The highest BCUT2D eigenvalue weighted by Crippen LogP contribution is 2.61. The van der Waals surface area contributed by atoms with Crippen LogP contribution >= 0.6 is 0 Å². The maximum absolute atomic E-state index is 12.6. The minimum Gasteiger partial charge on any atom is -0.465 e. The van der Waals surface area contributed by atoms with E-state index < -0.39 is 5.97 Å². The Bertz CT molecular complexity index is 803. The number of carbonyl (C=O) groups excluding carboxylic acids is 3. The highest BCUT2D eigenvalue weighted by molar-refractivity contribution is 6.01. The molecule has 0 spiro atoms. The van der Waals surface area contributed by atoms with Gasteiger partial charge in [-0.05, 0) is 80.6 Å². The molecule has 0 aliphatic heterocycles. The second-order valence-electron chi connectivity index (χ2n) is 9.72. The van der Waals surface area contributed by atoms with Gasteiger partial charge in [-0.25, -0.2) is 4.79 Å². The molecule has 2 N–H and O–H groups in total. The molecule has 158 valence electrons. The van der Waals surface area contributed by atoms with Crippen LogP contribution in [0.5, 0.6) is 0 Å². The van der Waals surface area contributed by atoms with Crippen LogP contribution in [-0.2, 0) is 16.0 Å². The minimum atomic E-state index is -0.525. The first-order chi connectivity index (χ1) is 13.8. The summed E-state index contributed by atoms with van der Waals surface area (Å²) in [5.41, 5.74) is 2.09. The van der Waals surface area contributed by atoms with Gasteiger partial charge in [0.15, 0.2) is 5.78 Å². The first kappa shape index (κ1) is 20.2. The Labute approximate surface area is 172 Å². The lowest BCUT2D eigenvalue weighted by molar-refractivity contribution is -0.120. The molecule has 6 heteroatoms. The van der Waals surface area contributed by atoms with Crippen molar-refractivity contribution in [1.29, 1.82) is 0 Å².